The van der Waals surface area contributed by atoms with Crippen LogP contribution in [0, 0.1) is 0 Å². The number of carbonyl (C=O) groups is 1. The fourth-order valence-electron chi connectivity index (χ4n) is 2.24. The van der Waals surface area contributed by atoms with Gasteiger partial charge in [0.15, 0.2) is 0 Å². The van der Waals surface area contributed by atoms with E-state index in [0.717, 1.165) is 29.5 Å². The average molecular weight is 311 g/mol. The van der Waals surface area contributed by atoms with Gasteiger partial charge < -0.3 is 10.6 Å². The van der Waals surface area contributed by atoms with E-state index in [1.165, 1.54) is 12.8 Å². The van der Waals surface area contributed by atoms with Crippen molar-refractivity contribution in [1.29, 1.82) is 0 Å². The van der Waals surface area contributed by atoms with Crippen molar-refractivity contribution in [2.75, 3.05) is 13.1 Å². The minimum atomic E-state index is 0.107. The quantitative estimate of drug-likeness (QED) is 0.876. The molecule has 18 heavy (non-hydrogen) atoms. The van der Waals surface area contributed by atoms with E-state index in [1.807, 2.05) is 24.3 Å². The molecule has 1 atom stereocenters. The number of rotatable bonds is 5. The fraction of sp³-hybridized carbons (Fsp3) is 0.500. The molecule has 1 amide bonds. The second-order valence-electron chi connectivity index (χ2n) is 4.74. The number of halogens is 1. The van der Waals surface area contributed by atoms with E-state index in [-0.39, 0.29) is 5.91 Å². The molecule has 2 rings (SSSR count). The number of benzene rings is 1. The summed E-state index contributed by atoms with van der Waals surface area (Å²) >= 11 is 3.38. The van der Waals surface area contributed by atoms with Crippen molar-refractivity contribution in [3.63, 3.8) is 0 Å². The summed E-state index contributed by atoms with van der Waals surface area (Å²) in [5, 5.41) is 6.41. The van der Waals surface area contributed by atoms with Gasteiger partial charge in [0.2, 0.25) is 5.91 Å². The van der Waals surface area contributed by atoms with Gasteiger partial charge in [0, 0.05) is 17.1 Å². The van der Waals surface area contributed by atoms with Crippen molar-refractivity contribution in [3.05, 3.63) is 34.3 Å². The summed E-state index contributed by atoms with van der Waals surface area (Å²) in [5.74, 6) is 0.107. The molecule has 0 aromatic heterocycles. The highest BCUT2D eigenvalue weighted by Gasteiger charge is 2.13. The Morgan fingerprint density at radius 2 is 2.17 bits per heavy atom. The van der Waals surface area contributed by atoms with Crippen LogP contribution in [0.1, 0.15) is 24.8 Å². The third-order valence-electron chi connectivity index (χ3n) is 3.26. The summed E-state index contributed by atoms with van der Waals surface area (Å²) in [4.78, 5) is 11.7. The van der Waals surface area contributed by atoms with Gasteiger partial charge in [-0.3, -0.25) is 4.79 Å². The van der Waals surface area contributed by atoms with Crippen molar-refractivity contribution in [1.82, 2.24) is 10.6 Å². The number of carbonyl (C=O) groups excluding carboxylic acids is 1. The Bertz CT molecular complexity index is 385. The first-order valence-electron chi connectivity index (χ1n) is 6.48. The van der Waals surface area contributed by atoms with Crippen molar-refractivity contribution in [3.8, 4) is 0 Å². The monoisotopic (exact) mass is 310 g/mol. The molecule has 0 unspecified atom stereocenters. The first kappa shape index (κ1) is 13.6. The van der Waals surface area contributed by atoms with Crippen LogP contribution < -0.4 is 10.6 Å². The molecule has 0 saturated carbocycles. The first-order chi connectivity index (χ1) is 8.74. The molecule has 1 heterocycles. The van der Waals surface area contributed by atoms with Crippen LogP contribution in [0.25, 0.3) is 0 Å². The predicted molar refractivity (Wildman–Crippen MR) is 76.5 cm³/mol. The van der Waals surface area contributed by atoms with Crippen LogP contribution in [0.2, 0.25) is 0 Å². The molecule has 1 aliphatic heterocycles. The lowest BCUT2D eigenvalue weighted by Gasteiger charge is -2.10. The largest absolute Gasteiger partial charge is 0.356 e. The number of nitrogens with one attached hydrogen (secondary N) is 2. The molecule has 2 N–H and O–H groups in total. The smallest absolute Gasteiger partial charge is 0.224 e. The predicted octanol–water partition coefficient (Wildman–Crippen LogP) is 2.25. The van der Waals surface area contributed by atoms with E-state index >= 15 is 0 Å². The van der Waals surface area contributed by atoms with Gasteiger partial charge in [0.05, 0.1) is 6.42 Å². The zero-order valence-electron chi connectivity index (χ0n) is 10.4. The van der Waals surface area contributed by atoms with Gasteiger partial charge in [-0.25, -0.2) is 0 Å². The Kier molecular flexibility index (Phi) is 5.20. The van der Waals surface area contributed by atoms with Crippen LogP contribution >= 0.6 is 15.9 Å². The maximum atomic E-state index is 11.7. The van der Waals surface area contributed by atoms with Crippen LogP contribution in [-0.2, 0) is 11.2 Å². The van der Waals surface area contributed by atoms with E-state index in [1.54, 1.807) is 0 Å². The van der Waals surface area contributed by atoms with Crippen LogP contribution in [0.5, 0.6) is 0 Å². The number of hydrogen-bond donors (Lipinski definition) is 2. The fourth-order valence-corrected chi connectivity index (χ4v) is 2.50. The zero-order valence-corrected chi connectivity index (χ0v) is 12.0. The molecule has 0 spiro atoms. The van der Waals surface area contributed by atoms with E-state index in [2.05, 4.69) is 26.6 Å². The van der Waals surface area contributed by atoms with Crippen LogP contribution in [0.4, 0.5) is 0 Å². The topological polar surface area (TPSA) is 41.1 Å². The zero-order chi connectivity index (χ0) is 12.8. The summed E-state index contributed by atoms with van der Waals surface area (Å²) in [5.41, 5.74) is 1.05. The summed E-state index contributed by atoms with van der Waals surface area (Å²) in [6, 6.07) is 8.47. The third kappa shape index (κ3) is 4.42. The SMILES string of the molecule is O=C(Cc1ccc(Br)cc1)NCC[C@@H]1CCCN1. The Morgan fingerprint density at radius 3 is 2.83 bits per heavy atom. The van der Waals surface area contributed by atoms with Gasteiger partial charge in [-0.2, -0.15) is 0 Å². The highest BCUT2D eigenvalue weighted by Crippen LogP contribution is 2.11. The molecule has 0 aliphatic carbocycles. The maximum Gasteiger partial charge on any atom is 0.224 e. The second kappa shape index (κ2) is 6.90. The molecular weight excluding hydrogens is 292 g/mol. The van der Waals surface area contributed by atoms with Crippen LogP contribution in [0.3, 0.4) is 0 Å². The Labute approximate surface area is 116 Å². The lowest BCUT2D eigenvalue weighted by Crippen LogP contribution is -2.31. The van der Waals surface area contributed by atoms with Gasteiger partial charge >= 0.3 is 0 Å². The van der Waals surface area contributed by atoms with Gasteiger partial charge in [0.25, 0.3) is 0 Å². The average Bonchev–Trinajstić information content (AvgIpc) is 2.85. The van der Waals surface area contributed by atoms with Crippen molar-refractivity contribution in [2.45, 2.75) is 31.7 Å². The molecule has 1 fully saturated rings. The first-order valence-corrected chi connectivity index (χ1v) is 7.28. The molecule has 1 aliphatic rings. The Morgan fingerprint density at radius 1 is 1.39 bits per heavy atom. The van der Waals surface area contributed by atoms with Crippen molar-refractivity contribution >= 4 is 21.8 Å². The number of hydrogen-bond acceptors (Lipinski definition) is 2. The van der Waals surface area contributed by atoms with Gasteiger partial charge in [-0.05, 0) is 43.5 Å². The van der Waals surface area contributed by atoms with Gasteiger partial charge in [0.1, 0.15) is 0 Å². The molecule has 0 radical (unpaired) electrons. The standard InChI is InChI=1S/C14H19BrN2O/c15-12-5-3-11(4-6-12)10-14(18)17-9-7-13-2-1-8-16-13/h3-6,13,16H,1-2,7-10H2,(H,17,18)/t13-/m0/s1. The lowest BCUT2D eigenvalue weighted by atomic mass is 10.1. The Hall–Kier alpha value is -0.870. The van der Waals surface area contributed by atoms with Crippen molar-refractivity contribution in [2.24, 2.45) is 0 Å². The van der Waals surface area contributed by atoms with Gasteiger partial charge in [-0.15, -0.1) is 0 Å². The van der Waals surface area contributed by atoms with E-state index in [9.17, 15) is 4.79 Å². The summed E-state index contributed by atoms with van der Waals surface area (Å²) in [7, 11) is 0. The van der Waals surface area contributed by atoms with Gasteiger partial charge in [-0.1, -0.05) is 28.1 Å². The minimum absolute atomic E-state index is 0.107. The third-order valence-corrected chi connectivity index (χ3v) is 3.78. The number of amides is 1. The van der Waals surface area contributed by atoms with E-state index in [4.69, 9.17) is 0 Å². The summed E-state index contributed by atoms with van der Waals surface area (Å²) < 4.78 is 1.04. The van der Waals surface area contributed by atoms with Crippen LogP contribution in [0.15, 0.2) is 28.7 Å². The molecule has 0 bridgehead atoms. The maximum absolute atomic E-state index is 11.7. The minimum Gasteiger partial charge on any atom is -0.356 e. The molecule has 4 heteroatoms. The molecular formula is C14H19BrN2O. The molecule has 3 nitrogen and oxygen atoms in total. The van der Waals surface area contributed by atoms with E-state index in [0.29, 0.717) is 12.5 Å². The Balaban J connectivity index is 1.66. The highest BCUT2D eigenvalue weighted by molar-refractivity contribution is 9.10. The normalized spacial score (nSPS) is 18.8. The summed E-state index contributed by atoms with van der Waals surface area (Å²) in [6.45, 7) is 1.89. The highest BCUT2D eigenvalue weighted by atomic mass is 79.9. The second-order valence-corrected chi connectivity index (χ2v) is 5.65. The molecule has 1 aromatic carbocycles. The van der Waals surface area contributed by atoms with E-state index < -0.39 is 0 Å². The molecule has 1 saturated heterocycles. The van der Waals surface area contributed by atoms with Crippen molar-refractivity contribution < 1.29 is 4.79 Å². The molecule has 98 valence electrons. The molecule has 1 aromatic rings. The van der Waals surface area contributed by atoms with Crippen LogP contribution in [-0.4, -0.2) is 25.0 Å². The lowest BCUT2D eigenvalue weighted by molar-refractivity contribution is -0.120. The summed E-state index contributed by atoms with van der Waals surface area (Å²) in [6.07, 6.45) is 4.00.